The topological polar surface area (TPSA) is 38.7 Å². The van der Waals surface area contributed by atoms with Crippen molar-refractivity contribution in [1.82, 2.24) is 0 Å². The van der Waals surface area contributed by atoms with Crippen LogP contribution in [0.5, 0.6) is 5.75 Å². The summed E-state index contributed by atoms with van der Waals surface area (Å²) in [6.45, 7) is 9.68. The predicted octanol–water partition coefficient (Wildman–Crippen LogP) is 3.35. The molecule has 18 heavy (non-hydrogen) atoms. The first-order chi connectivity index (χ1) is 8.29. The van der Waals surface area contributed by atoms with Gasteiger partial charge in [0, 0.05) is 6.21 Å². The molecule has 1 aromatic carbocycles. The van der Waals surface area contributed by atoms with Gasteiger partial charge in [0.1, 0.15) is 16.7 Å². The van der Waals surface area contributed by atoms with Crippen LogP contribution < -0.4 is 4.74 Å². The molecule has 0 aliphatic heterocycles. The predicted molar refractivity (Wildman–Crippen MR) is 77.7 cm³/mol. The molecule has 1 aromatic rings. The van der Waals surface area contributed by atoms with E-state index in [4.69, 9.17) is 4.74 Å². The molecule has 0 aliphatic carbocycles. The molecular formula is C14H21NO2S. The number of hydrogen-bond donors (Lipinski definition) is 0. The zero-order chi connectivity index (χ0) is 13.8. The summed E-state index contributed by atoms with van der Waals surface area (Å²) in [5.41, 5.74) is 0.920. The van der Waals surface area contributed by atoms with E-state index in [1.54, 1.807) is 6.21 Å². The van der Waals surface area contributed by atoms with Gasteiger partial charge in [-0.25, -0.2) is 4.21 Å². The van der Waals surface area contributed by atoms with Crippen molar-refractivity contribution in [2.75, 3.05) is 0 Å². The SMILES string of the molecule is CC(C)Oc1ccc(/C=N/[S@@](=O)C(C)(C)C)cc1. The van der Waals surface area contributed by atoms with Crippen LogP contribution in [0.2, 0.25) is 0 Å². The minimum atomic E-state index is -1.21. The molecule has 4 heteroatoms. The van der Waals surface area contributed by atoms with Crippen LogP contribution in [-0.4, -0.2) is 21.3 Å². The van der Waals surface area contributed by atoms with Crippen LogP contribution in [-0.2, 0) is 11.0 Å². The van der Waals surface area contributed by atoms with Gasteiger partial charge in [-0.1, -0.05) is 0 Å². The van der Waals surface area contributed by atoms with E-state index in [1.807, 2.05) is 58.9 Å². The number of nitrogens with zero attached hydrogens (tertiary/aromatic N) is 1. The van der Waals surface area contributed by atoms with Crippen molar-refractivity contribution in [3.63, 3.8) is 0 Å². The number of ether oxygens (including phenoxy) is 1. The van der Waals surface area contributed by atoms with Crippen molar-refractivity contribution in [2.24, 2.45) is 4.40 Å². The molecule has 0 spiro atoms. The van der Waals surface area contributed by atoms with Crippen molar-refractivity contribution in [2.45, 2.75) is 45.5 Å². The van der Waals surface area contributed by atoms with Crippen LogP contribution in [0.3, 0.4) is 0 Å². The summed E-state index contributed by atoms with van der Waals surface area (Å²) in [5.74, 6) is 0.832. The van der Waals surface area contributed by atoms with Crippen LogP contribution in [0.25, 0.3) is 0 Å². The zero-order valence-electron chi connectivity index (χ0n) is 11.6. The summed E-state index contributed by atoms with van der Waals surface area (Å²) in [7, 11) is -1.21. The van der Waals surface area contributed by atoms with E-state index in [1.165, 1.54) is 0 Å². The lowest BCUT2D eigenvalue weighted by atomic mass is 10.2. The summed E-state index contributed by atoms with van der Waals surface area (Å²) < 4.78 is 21.0. The van der Waals surface area contributed by atoms with Crippen LogP contribution in [0.15, 0.2) is 28.7 Å². The van der Waals surface area contributed by atoms with E-state index >= 15 is 0 Å². The van der Waals surface area contributed by atoms with E-state index in [-0.39, 0.29) is 10.9 Å². The number of rotatable bonds is 4. The van der Waals surface area contributed by atoms with Gasteiger partial charge in [-0.3, -0.25) is 0 Å². The Kier molecular flexibility index (Phi) is 5.08. The van der Waals surface area contributed by atoms with Gasteiger partial charge < -0.3 is 4.74 Å². The van der Waals surface area contributed by atoms with E-state index < -0.39 is 11.0 Å². The molecule has 3 nitrogen and oxygen atoms in total. The Hall–Kier alpha value is -1.16. The van der Waals surface area contributed by atoms with Crippen LogP contribution in [0.1, 0.15) is 40.2 Å². The summed E-state index contributed by atoms with van der Waals surface area (Å²) in [4.78, 5) is 0. The molecule has 0 saturated heterocycles. The van der Waals surface area contributed by atoms with Gasteiger partial charge >= 0.3 is 0 Å². The highest BCUT2D eigenvalue weighted by atomic mass is 32.2. The molecule has 0 aliphatic rings. The standard InChI is InChI=1S/C14H21NO2S/c1-11(2)17-13-8-6-12(7-9-13)10-15-18(16)14(3,4)5/h6-11H,1-5H3/b15-10+/t18-/m0/s1. The van der Waals surface area contributed by atoms with Gasteiger partial charge in [-0.15, -0.1) is 0 Å². The summed E-state index contributed by atoms with van der Waals surface area (Å²) in [6, 6.07) is 7.59. The Morgan fingerprint density at radius 1 is 1.22 bits per heavy atom. The minimum Gasteiger partial charge on any atom is -0.491 e. The van der Waals surface area contributed by atoms with Gasteiger partial charge in [-0.2, -0.15) is 4.40 Å². The summed E-state index contributed by atoms with van der Waals surface area (Å²) in [5, 5.41) is 0. The fourth-order valence-corrected chi connectivity index (χ4v) is 1.71. The summed E-state index contributed by atoms with van der Waals surface area (Å²) in [6.07, 6.45) is 1.80. The Labute approximate surface area is 112 Å². The first-order valence-corrected chi connectivity index (χ1v) is 7.12. The second kappa shape index (κ2) is 6.14. The van der Waals surface area contributed by atoms with Crippen LogP contribution in [0.4, 0.5) is 0 Å². The first kappa shape index (κ1) is 14.9. The van der Waals surface area contributed by atoms with Gasteiger partial charge in [0.05, 0.1) is 10.9 Å². The highest BCUT2D eigenvalue weighted by molar-refractivity contribution is 7.85. The van der Waals surface area contributed by atoms with Crippen molar-refractivity contribution in [1.29, 1.82) is 0 Å². The third-order valence-corrected chi connectivity index (χ3v) is 3.42. The maximum atomic E-state index is 11.7. The molecular weight excluding hydrogens is 246 g/mol. The van der Waals surface area contributed by atoms with Crippen LogP contribution >= 0.6 is 0 Å². The molecule has 0 bridgehead atoms. The lowest BCUT2D eigenvalue weighted by Crippen LogP contribution is -2.19. The van der Waals surface area contributed by atoms with Crippen molar-refractivity contribution in [3.05, 3.63) is 29.8 Å². The minimum absolute atomic E-state index is 0.165. The highest BCUT2D eigenvalue weighted by Crippen LogP contribution is 2.14. The molecule has 100 valence electrons. The van der Waals surface area contributed by atoms with Gasteiger partial charge in [0.15, 0.2) is 0 Å². The number of benzene rings is 1. The molecule has 0 heterocycles. The second-order valence-electron chi connectivity index (χ2n) is 5.33. The monoisotopic (exact) mass is 267 g/mol. The van der Waals surface area contributed by atoms with Crippen molar-refractivity contribution < 1.29 is 8.95 Å². The smallest absolute Gasteiger partial charge is 0.144 e. The van der Waals surface area contributed by atoms with Crippen molar-refractivity contribution in [3.8, 4) is 5.75 Å². The molecule has 1 rings (SSSR count). The van der Waals surface area contributed by atoms with E-state index in [9.17, 15) is 4.21 Å². The molecule has 0 unspecified atom stereocenters. The van der Waals surface area contributed by atoms with E-state index in [0.29, 0.717) is 0 Å². The normalized spacial score (nSPS) is 14.1. The summed E-state index contributed by atoms with van der Waals surface area (Å²) >= 11 is 0. The average molecular weight is 267 g/mol. The molecule has 0 amide bonds. The average Bonchev–Trinajstić information content (AvgIpc) is 2.25. The maximum absolute atomic E-state index is 11.7. The fourth-order valence-electron chi connectivity index (χ4n) is 1.17. The number of hydrogen-bond acceptors (Lipinski definition) is 2. The molecule has 0 radical (unpaired) electrons. The first-order valence-electron chi connectivity index (χ1n) is 6.02. The molecule has 1 atom stereocenters. The van der Waals surface area contributed by atoms with Gasteiger partial charge in [0.2, 0.25) is 0 Å². The highest BCUT2D eigenvalue weighted by Gasteiger charge is 2.17. The molecule has 0 fully saturated rings. The zero-order valence-corrected chi connectivity index (χ0v) is 12.5. The Balaban J connectivity index is 2.69. The molecule has 0 aromatic heterocycles. The third kappa shape index (κ3) is 5.00. The Morgan fingerprint density at radius 3 is 2.22 bits per heavy atom. The molecule has 0 saturated carbocycles. The quantitative estimate of drug-likeness (QED) is 0.785. The second-order valence-corrected chi connectivity index (χ2v) is 7.27. The van der Waals surface area contributed by atoms with Crippen LogP contribution in [0, 0.1) is 0 Å². The maximum Gasteiger partial charge on any atom is 0.144 e. The lowest BCUT2D eigenvalue weighted by molar-refractivity contribution is 0.242. The van der Waals surface area contributed by atoms with Crippen molar-refractivity contribution >= 4 is 17.2 Å². The van der Waals surface area contributed by atoms with Gasteiger partial charge in [0.25, 0.3) is 0 Å². The third-order valence-electron chi connectivity index (χ3n) is 2.07. The van der Waals surface area contributed by atoms with E-state index in [0.717, 1.165) is 11.3 Å². The largest absolute Gasteiger partial charge is 0.491 e. The molecule has 0 N–H and O–H groups in total. The lowest BCUT2D eigenvalue weighted by Gasteiger charge is -2.12. The fraction of sp³-hybridized carbons (Fsp3) is 0.500. The Morgan fingerprint density at radius 2 is 1.78 bits per heavy atom. The van der Waals surface area contributed by atoms with Gasteiger partial charge in [-0.05, 0) is 64.4 Å². The van der Waals surface area contributed by atoms with E-state index in [2.05, 4.69) is 4.40 Å². The Bertz CT molecular complexity index is 430.